The Balaban J connectivity index is 1.68. The van der Waals surface area contributed by atoms with Crippen molar-refractivity contribution < 1.29 is 13.2 Å². The molecular formula is C24H19N3O3S. The molecule has 3 rings (SSSR count). The van der Waals surface area contributed by atoms with Gasteiger partial charge in [0.05, 0.1) is 11.0 Å². The van der Waals surface area contributed by atoms with Crippen LogP contribution in [0.3, 0.4) is 0 Å². The van der Waals surface area contributed by atoms with E-state index in [0.717, 1.165) is 11.1 Å². The predicted molar refractivity (Wildman–Crippen MR) is 119 cm³/mol. The van der Waals surface area contributed by atoms with E-state index in [1.54, 1.807) is 18.2 Å². The number of nitrogens with zero attached hydrogens (tertiary/aromatic N) is 1. The third kappa shape index (κ3) is 6.28. The number of carbonyl (C=O) groups excluding carboxylic acids is 1. The number of anilines is 1. The zero-order valence-electron chi connectivity index (χ0n) is 16.5. The fourth-order valence-electron chi connectivity index (χ4n) is 2.65. The summed E-state index contributed by atoms with van der Waals surface area (Å²) in [6.45, 7) is 0.0323. The largest absolute Gasteiger partial charge is 0.322 e. The smallest absolute Gasteiger partial charge is 0.255 e. The van der Waals surface area contributed by atoms with Crippen molar-refractivity contribution in [2.75, 3.05) is 11.9 Å². The van der Waals surface area contributed by atoms with E-state index in [1.165, 1.54) is 24.3 Å². The van der Waals surface area contributed by atoms with Crippen LogP contribution in [0.5, 0.6) is 0 Å². The van der Waals surface area contributed by atoms with Crippen molar-refractivity contribution in [1.82, 2.24) is 4.72 Å². The maximum absolute atomic E-state index is 12.5. The van der Waals surface area contributed by atoms with Gasteiger partial charge < -0.3 is 5.32 Å². The van der Waals surface area contributed by atoms with Gasteiger partial charge in [-0.2, -0.15) is 5.26 Å². The SMILES string of the molecule is N#CCCNS(=O)(=O)c1ccc(C(=O)Nc2cccc(C#Cc3ccccc3)c2)cc1. The molecule has 0 heterocycles. The highest BCUT2D eigenvalue weighted by atomic mass is 32.2. The Bertz CT molecular complexity index is 1270. The first-order valence-electron chi connectivity index (χ1n) is 9.43. The van der Waals surface area contributed by atoms with E-state index >= 15 is 0 Å². The molecule has 3 aromatic carbocycles. The van der Waals surface area contributed by atoms with Gasteiger partial charge in [0.15, 0.2) is 0 Å². The van der Waals surface area contributed by atoms with E-state index in [1.807, 2.05) is 42.5 Å². The Labute approximate surface area is 181 Å². The van der Waals surface area contributed by atoms with Crippen molar-refractivity contribution in [2.45, 2.75) is 11.3 Å². The number of rotatable bonds is 6. The summed E-state index contributed by atoms with van der Waals surface area (Å²) in [5.41, 5.74) is 2.55. The summed E-state index contributed by atoms with van der Waals surface area (Å²) in [7, 11) is -3.72. The minimum atomic E-state index is -3.72. The highest BCUT2D eigenvalue weighted by Crippen LogP contribution is 2.14. The molecule has 0 atom stereocenters. The summed E-state index contributed by atoms with van der Waals surface area (Å²) < 4.78 is 26.6. The lowest BCUT2D eigenvalue weighted by molar-refractivity contribution is 0.102. The van der Waals surface area contributed by atoms with Crippen molar-refractivity contribution in [2.24, 2.45) is 0 Å². The molecule has 0 aromatic heterocycles. The van der Waals surface area contributed by atoms with E-state index in [4.69, 9.17) is 5.26 Å². The first-order valence-corrected chi connectivity index (χ1v) is 10.9. The molecule has 0 radical (unpaired) electrons. The van der Waals surface area contributed by atoms with Gasteiger partial charge >= 0.3 is 0 Å². The van der Waals surface area contributed by atoms with Gasteiger partial charge in [0.1, 0.15) is 0 Å². The molecule has 7 heteroatoms. The molecule has 0 spiro atoms. The van der Waals surface area contributed by atoms with Crippen molar-refractivity contribution >= 4 is 21.6 Å². The van der Waals surface area contributed by atoms with Gasteiger partial charge in [-0.05, 0) is 54.6 Å². The maximum atomic E-state index is 12.5. The summed E-state index contributed by atoms with van der Waals surface area (Å²) in [5.74, 6) is 5.77. The zero-order valence-corrected chi connectivity index (χ0v) is 17.3. The second-order valence-electron chi connectivity index (χ2n) is 6.48. The number of hydrogen-bond donors (Lipinski definition) is 2. The van der Waals surface area contributed by atoms with Crippen LogP contribution in [-0.4, -0.2) is 20.9 Å². The fraction of sp³-hybridized carbons (Fsp3) is 0.0833. The van der Waals surface area contributed by atoms with Crippen LogP contribution in [-0.2, 0) is 10.0 Å². The molecule has 0 aliphatic heterocycles. The van der Waals surface area contributed by atoms with Gasteiger partial charge in [-0.15, -0.1) is 0 Å². The van der Waals surface area contributed by atoms with Crippen LogP contribution in [0.1, 0.15) is 27.9 Å². The molecule has 0 bridgehead atoms. The summed E-state index contributed by atoms with van der Waals surface area (Å²) in [6.07, 6.45) is 0.0779. The predicted octanol–water partition coefficient (Wildman–Crippen LogP) is 3.53. The molecule has 0 aliphatic rings. The van der Waals surface area contributed by atoms with Crippen molar-refractivity contribution in [3.63, 3.8) is 0 Å². The Morgan fingerprint density at radius 2 is 1.55 bits per heavy atom. The fourth-order valence-corrected chi connectivity index (χ4v) is 3.69. The number of hydrogen-bond acceptors (Lipinski definition) is 4. The first kappa shape index (κ1) is 21.8. The van der Waals surface area contributed by atoms with Gasteiger partial charge in [0, 0.05) is 35.3 Å². The van der Waals surface area contributed by atoms with Crippen molar-refractivity contribution in [3.05, 3.63) is 95.6 Å². The van der Waals surface area contributed by atoms with E-state index in [-0.39, 0.29) is 23.8 Å². The quantitative estimate of drug-likeness (QED) is 0.463. The summed E-state index contributed by atoms with van der Waals surface area (Å²) in [5, 5.41) is 11.3. The standard InChI is InChI=1S/C24H19N3O3S/c25-16-5-17-26-31(29,30)23-14-12-21(13-15-23)24(28)27-22-9-4-8-20(18-22)11-10-19-6-2-1-3-7-19/h1-4,6-9,12-15,18,26H,5,17H2,(H,27,28). The molecule has 0 fully saturated rings. The van der Waals surface area contributed by atoms with Crippen LogP contribution in [0.2, 0.25) is 0 Å². The molecule has 2 N–H and O–H groups in total. The van der Waals surface area contributed by atoms with Gasteiger partial charge in [-0.1, -0.05) is 36.1 Å². The lowest BCUT2D eigenvalue weighted by Gasteiger charge is -2.08. The van der Waals surface area contributed by atoms with E-state index in [2.05, 4.69) is 21.9 Å². The Morgan fingerprint density at radius 1 is 0.871 bits per heavy atom. The number of nitrogens with one attached hydrogen (secondary N) is 2. The molecule has 0 saturated heterocycles. The molecule has 0 aliphatic carbocycles. The van der Waals surface area contributed by atoms with Crippen LogP contribution in [0, 0.1) is 23.2 Å². The average molecular weight is 430 g/mol. The van der Waals surface area contributed by atoms with Gasteiger partial charge in [-0.3, -0.25) is 4.79 Å². The van der Waals surface area contributed by atoms with Crippen LogP contribution in [0.4, 0.5) is 5.69 Å². The molecular weight excluding hydrogens is 410 g/mol. The molecule has 0 unspecified atom stereocenters. The van der Waals surface area contributed by atoms with Crippen LogP contribution < -0.4 is 10.0 Å². The zero-order chi connectivity index (χ0) is 22.1. The van der Waals surface area contributed by atoms with Gasteiger partial charge in [0.2, 0.25) is 10.0 Å². The lowest BCUT2D eigenvalue weighted by atomic mass is 10.1. The van der Waals surface area contributed by atoms with Crippen LogP contribution >= 0.6 is 0 Å². The van der Waals surface area contributed by atoms with Crippen molar-refractivity contribution in [1.29, 1.82) is 5.26 Å². The lowest BCUT2D eigenvalue weighted by Crippen LogP contribution is -2.24. The Morgan fingerprint density at radius 3 is 2.26 bits per heavy atom. The number of sulfonamides is 1. The summed E-state index contributed by atoms with van der Waals surface area (Å²) in [6, 6.07) is 24.2. The molecule has 31 heavy (non-hydrogen) atoms. The van der Waals surface area contributed by atoms with Gasteiger partial charge in [-0.25, -0.2) is 13.1 Å². The summed E-state index contributed by atoms with van der Waals surface area (Å²) in [4.78, 5) is 12.6. The maximum Gasteiger partial charge on any atom is 0.255 e. The van der Waals surface area contributed by atoms with E-state index in [0.29, 0.717) is 11.3 Å². The molecule has 1 amide bonds. The monoisotopic (exact) mass is 429 g/mol. The highest BCUT2D eigenvalue weighted by molar-refractivity contribution is 7.89. The van der Waals surface area contributed by atoms with E-state index < -0.39 is 10.0 Å². The Hall–Kier alpha value is -3.91. The molecule has 6 nitrogen and oxygen atoms in total. The third-order valence-corrected chi connectivity index (χ3v) is 5.68. The van der Waals surface area contributed by atoms with E-state index in [9.17, 15) is 13.2 Å². The normalized spacial score (nSPS) is 10.4. The first-order chi connectivity index (χ1) is 15.0. The summed E-state index contributed by atoms with van der Waals surface area (Å²) >= 11 is 0. The minimum Gasteiger partial charge on any atom is -0.322 e. The number of benzene rings is 3. The molecule has 0 saturated carbocycles. The van der Waals surface area contributed by atoms with Crippen LogP contribution in [0.15, 0.2) is 83.8 Å². The van der Waals surface area contributed by atoms with Gasteiger partial charge in [0.25, 0.3) is 5.91 Å². The number of amides is 1. The minimum absolute atomic E-state index is 0.0279. The average Bonchev–Trinajstić information content (AvgIpc) is 2.79. The van der Waals surface area contributed by atoms with Crippen LogP contribution in [0.25, 0.3) is 0 Å². The van der Waals surface area contributed by atoms with Crippen molar-refractivity contribution in [3.8, 4) is 17.9 Å². The topological polar surface area (TPSA) is 99.1 Å². The number of nitriles is 1. The molecule has 3 aromatic rings. The second kappa shape index (κ2) is 10.2. The Kier molecular flexibility index (Phi) is 7.18. The highest BCUT2D eigenvalue weighted by Gasteiger charge is 2.14. The third-order valence-electron chi connectivity index (χ3n) is 4.20. The second-order valence-corrected chi connectivity index (χ2v) is 8.25. The molecule has 154 valence electrons. The number of carbonyl (C=O) groups is 1.